The highest BCUT2D eigenvalue weighted by molar-refractivity contribution is 6.30. The number of nitrogens with one attached hydrogen (secondary N) is 1. The molecule has 0 aliphatic carbocycles. The van der Waals surface area contributed by atoms with Gasteiger partial charge in [-0.25, -0.2) is 20.0 Å². The highest BCUT2D eigenvalue weighted by atomic mass is 16.5. The Labute approximate surface area is 172 Å². The molecule has 0 saturated carbocycles. The van der Waals surface area contributed by atoms with Gasteiger partial charge in [0.05, 0.1) is 18.3 Å². The molecule has 148 valence electrons. The van der Waals surface area contributed by atoms with Crippen LogP contribution >= 0.6 is 0 Å². The van der Waals surface area contributed by atoms with Gasteiger partial charge in [-0.1, -0.05) is 24.3 Å². The van der Waals surface area contributed by atoms with Gasteiger partial charge in [0.1, 0.15) is 17.9 Å². The van der Waals surface area contributed by atoms with Crippen molar-refractivity contribution in [2.45, 2.75) is 6.42 Å². The summed E-state index contributed by atoms with van der Waals surface area (Å²) in [6.45, 7) is 0.376. The number of aliphatic imine (C=N–C) groups is 2. The van der Waals surface area contributed by atoms with Crippen molar-refractivity contribution in [3.63, 3.8) is 0 Å². The maximum absolute atomic E-state index is 11.9. The van der Waals surface area contributed by atoms with Crippen LogP contribution < -0.4 is 10.1 Å². The lowest BCUT2D eigenvalue weighted by Crippen LogP contribution is -2.02. The van der Waals surface area contributed by atoms with E-state index in [1.807, 2.05) is 36.4 Å². The Morgan fingerprint density at radius 1 is 0.933 bits per heavy atom. The molecule has 0 unspecified atom stereocenters. The molecule has 1 aliphatic rings. The quantitative estimate of drug-likeness (QED) is 0.622. The molecule has 0 fully saturated rings. The van der Waals surface area contributed by atoms with E-state index in [1.54, 1.807) is 12.1 Å². The van der Waals surface area contributed by atoms with Crippen LogP contribution in [0.3, 0.4) is 0 Å². The number of carbonyl (C=O) groups is 2. The second-order valence-electron chi connectivity index (χ2n) is 6.35. The third-order valence-corrected chi connectivity index (χ3v) is 4.27. The standard InChI is InChI=1S/C22H17N5O3/c28-20-7-3-4-10-30-16-8-9-19-17(11-16)22(26-14-25-19)27-18-6-2-1-5-15(18)12-23-21(29)13-24-20/h1-3,5-9,11-14H,4,10H2,(H,25,26,27)/b7-3-,23-12?,24-13?. The van der Waals surface area contributed by atoms with Crippen molar-refractivity contribution < 1.29 is 14.3 Å². The van der Waals surface area contributed by atoms with Gasteiger partial charge in [-0.3, -0.25) is 9.59 Å². The van der Waals surface area contributed by atoms with Crippen molar-refractivity contribution in [3.05, 3.63) is 66.5 Å². The first-order valence-corrected chi connectivity index (χ1v) is 9.25. The zero-order chi connectivity index (χ0) is 20.8. The van der Waals surface area contributed by atoms with Gasteiger partial charge in [0.2, 0.25) is 0 Å². The Kier molecular flexibility index (Phi) is 5.66. The van der Waals surface area contributed by atoms with Crippen molar-refractivity contribution in [2.24, 2.45) is 9.98 Å². The lowest BCUT2D eigenvalue weighted by Gasteiger charge is -2.12. The van der Waals surface area contributed by atoms with E-state index in [9.17, 15) is 9.59 Å². The molecule has 4 rings (SSSR count). The lowest BCUT2D eigenvalue weighted by molar-refractivity contribution is -0.114. The smallest absolute Gasteiger partial charge is 0.288 e. The molecule has 1 aliphatic heterocycles. The van der Waals surface area contributed by atoms with Crippen LogP contribution in [0.1, 0.15) is 12.0 Å². The Morgan fingerprint density at radius 3 is 2.73 bits per heavy atom. The van der Waals surface area contributed by atoms with E-state index >= 15 is 0 Å². The fourth-order valence-electron chi connectivity index (χ4n) is 2.83. The van der Waals surface area contributed by atoms with E-state index in [4.69, 9.17) is 4.74 Å². The molecule has 8 heteroatoms. The highest BCUT2D eigenvalue weighted by Gasteiger charge is 2.08. The summed E-state index contributed by atoms with van der Waals surface area (Å²) in [6.07, 6.45) is 7.25. The topological polar surface area (TPSA) is 106 Å². The molecule has 30 heavy (non-hydrogen) atoms. The minimum Gasteiger partial charge on any atom is -0.493 e. The third kappa shape index (κ3) is 4.61. The van der Waals surface area contributed by atoms with Crippen LogP contribution in [-0.4, -0.2) is 40.8 Å². The zero-order valence-electron chi connectivity index (χ0n) is 15.9. The number of hydrogen-bond acceptors (Lipinski definition) is 6. The minimum absolute atomic E-state index is 0.376. The van der Waals surface area contributed by atoms with Crippen LogP contribution in [0.2, 0.25) is 0 Å². The van der Waals surface area contributed by atoms with Crippen molar-refractivity contribution in [1.29, 1.82) is 0 Å². The number of ether oxygens (including phenoxy) is 1. The monoisotopic (exact) mass is 399 g/mol. The summed E-state index contributed by atoms with van der Waals surface area (Å²) in [5, 5.41) is 4.06. The number of carbonyl (C=O) groups excluding carboxylic acids is 2. The lowest BCUT2D eigenvalue weighted by atomic mass is 10.1. The predicted molar refractivity (Wildman–Crippen MR) is 115 cm³/mol. The third-order valence-electron chi connectivity index (χ3n) is 4.27. The molecular formula is C22H17N5O3. The van der Waals surface area contributed by atoms with E-state index in [-0.39, 0.29) is 0 Å². The second kappa shape index (κ2) is 8.87. The molecule has 1 N–H and O–H groups in total. The summed E-state index contributed by atoms with van der Waals surface area (Å²) in [6, 6.07) is 12.9. The summed E-state index contributed by atoms with van der Waals surface area (Å²) in [5.41, 5.74) is 2.14. The molecular weight excluding hydrogens is 382 g/mol. The second-order valence-corrected chi connectivity index (χ2v) is 6.35. The normalized spacial score (nSPS) is 15.7. The fraction of sp³-hybridized carbons (Fsp3) is 0.0909. The van der Waals surface area contributed by atoms with Crippen molar-refractivity contribution in [3.8, 4) is 5.75 Å². The van der Waals surface area contributed by atoms with Gasteiger partial charge in [0.25, 0.3) is 11.8 Å². The molecule has 3 aromatic rings. The van der Waals surface area contributed by atoms with E-state index in [0.717, 1.165) is 17.1 Å². The van der Waals surface area contributed by atoms with Gasteiger partial charge in [-0.05, 0) is 30.7 Å². The molecule has 8 nitrogen and oxygen atoms in total. The molecule has 0 saturated heterocycles. The van der Waals surface area contributed by atoms with Gasteiger partial charge in [0.15, 0.2) is 0 Å². The van der Waals surface area contributed by atoms with E-state index in [2.05, 4.69) is 25.3 Å². The van der Waals surface area contributed by atoms with Crippen LogP contribution in [0.4, 0.5) is 11.5 Å². The summed E-state index contributed by atoms with van der Waals surface area (Å²) < 4.78 is 5.77. The van der Waals surface area contributed by atoms with E-state index < -0.39 is 11.8 Å². The number of hydrogen-bond donors (Lipinski definition) is 1. The Bertz CT molecular complexity index is 1200. The Balaban J connectivity index is 1.77. The molecule has 0 radical (unpaired) electrons. The maximum Gasteiger partial charge on any atom is 0.288 e. The van der Waals surface area contributed by atoms with Crippen LogP contribution in [-0.2, 0) is 9.59 Å². The van der Waals surface area contributed by atoms with Crippen molar-refractivity contribution in [2.75, 3.05) is 11.9 Å². The molecule has 2 bridgehead atoms. The highest BCUT2D eigenvalue weighted by Crippen LogP contribution is 2.27. The first-order chi connectivity index (χ1) is 14.7. The number of anilines is 2. The van der Waals surface area contributed by atoms with Crippen LogP contribution in [0, 0.1) is 0 Å². The SMILES string of the molecule is O=C1C=NC(=O)/C=C\CCOc2ccc3ncnc(c3c2)Nc2ccccc2C=N1. The number of para-hydroxylation sites is 1. The van der Waals surface area contributed by atoms with Crippen molar-refractivity contribution in [1.82, 2.24) is 9.97 Å². The molecule has 0 atom stereocenters. The van der Waals surface area contributed by atoms with Crippen LogP contribution in [0.25, 0.3) is 10.9 Å². The van der Waals surface area contributed by atoms with E-state index in [1.165, 1.54) is 18.6 Å². The van der Waals surface area contributed by atoms with Gasteiger partial charge >= 0.3 is 0 Å². The number of fused-ring (bicyclic) bond motifs is 2. The largest absolute Gasteiger partial charge is 0.493 e. The average Bonchev–Trinajstić information content (AvgIpc) is 2.76. The van der Waals surface area contributed by atoms with Gasteiger partial charge in [-0.15, -0.1) is 0 Å². The summed E-state index contributed by atoms with van der Waals surface area (Å²) >= 11 is 0. The summed E-state index contributed by atoms with van der Waals surface area (Å²) in [5.74, 6) is 0.104. The first kappa shape index (κ1) is 19.1. The summed E-state index contributed by atoms with van der Waals surface area (Å²) in [7, 11) is 0. The van der Waals surface area contributed by atoms with Crippen LogP contribution in [0.5, 0.6) is 5.75 Å². The van der Waals surface area contributed by atoms with Gasteiger partial charge in [0, 0.05) is 28.9 Å². The molecule has 2 amide bonds. The zero-order valence-corrected chi connectivity index (χ0v) is 15.9. The fourth-order valence-corrected chi connectivity index (χ4v) is 2.83. The van der Waals surface area contributed by atoms with E-state index in [0.29, 0.717) is 35.8 Å². The van der Waals surface area contributed by atoms with Gasteiger partial charge < -0.3 is 10.1 Å². The predicted octanol–water partition coefficient (Wildman–Crippen LogP) is 3.26. The molecule has 0 spiro atoms. The number of amides is 2. The first-order valence-electron chi connectivity index (χ1n) is 9.25. The Hall–Kier alpha value is -4.20. The number of aromatic nitrogens is 2. The number of benzene rings is 2. The average molecular weight is 399 g/mol. The minimum atomic E-state index is -0.631. The van der Waals surface area contributed by atoms with Crippen LogP contribution in [0.15, 0.2) is 70.9 Å². The molecule has 2 aromatic carbocycles. The summed E-state index contributed by atoms with van der Waals surface area (Å²) in [4.78, 5) is 39.7. The molecule has 2 heterocycles. The maximum atomic E-state index is 11.9. The Morgan fingerprint density at radius 2 is 1.80 bits per heavy atom. The number of rotatable bonds is 0. The number of nitrogens with zero attached hydrogens (tertiary/aromatic N) is 4. The molecule has 1 aromatic heterocycles. The van der Waals surface area contributed by atoms with Crippen molar-refractivity contribution >= 4 is 46.7 Å². The van der Waals surface area contributed by atoms with Gasteiger partial charge in [-0.2, -0.15) is 0 Å².